The average Bonchev–Trinajstić information content (AvgIpc) is 3.17. The van der Waals surface area contributed by atoms with E-state index in [-0.39, 0.29) is 5.82 Å². The van der Waals surface area contributed by atoms with Gasteiger partial charge in [-0.3, -0.25) is 4.79 Å². The van der Waals surface area contributed by atoms with Gasteiger partial charge >= 0.3 is 0 Å². The number of carbonyl (C=O) groups excluding carboxylic acids is 1. The highest BCUT2D eigenvalue weighted by Gasteiger charge is 2.22. The third-order valence-corrected chi connectivity index (χ3v) is 5.05. The highest BCUT2D eigenvalue weighted by Crippen LogP contribution is 2.31. The first-order valence-corrected chi connectivity index (χ1v) is 10.1. The topological polar surface area (TPSA) is 77.3 Å². The van der Waals surface area contributed by atoms with E-state index in [0.29, 0.717) is 21.5 Å². The van der Waals surface area contributed by atoms with Crippen LogP contribution in [0.1, 0.15) is 31.9 Å². The van der Waals surface area contributed by atoms with E-state index in [1.807, 2.05) is 6.07 Å². The van der Waals surface area contributed by atoms with Crippen molar-refractivity contribution in [3.8, 4) is 17.0 Å². The highest BCUT2D eigenvalue weighted by atomic mass is 35.5. The molecule has 3 rings (SSSR count). The molecule has 1 heterocycles. The van der Waals surface area contributed by atoms with Crippen LogP contribution in [0.3, 0.4) is 0 Å². The van der Waals surface area contributed by atoms with Crippen molar-refractivity contribution in [1.82, 2.24) is 10.3 Å². The van der Waals surface area contributed by atoms with Crippen molar-refractivity contribution in [3.05, 3.63) is 57.6 Å². The number of halogens is 2. The Morgan fingerprint density at radius 3 is 2.62 bits per heavy atom. The fourth-order valence-electron chi connectivity index (χ4n) is 2.85. The molecule has 1 atom stereocenters. The van der Waals surface area contributed by atoms with Gasteiger partial charge in [-0.05, 0) is 65.5 Å². The maximum atomic E-state index is 12.6. The number of nitrogens with one attached hydrogen (secondary N) is 1. The number of aromatic nitrogens is 2. The molecule has 0 fully saturated rings. The second kappa shape index (κ2) is 9.29. The quantitative estimate of drug-likeness (QED) is 0.526. The minimum Gasteiger partial charge on any atom is -0.479 e. The number of anilines is 1. The van der Waals surface area contributed by atoms with E-state index in [0.717, 1.165) is 29.5 Å². The van der Waals surface area contributed by atoms with E-state index in [2.05, 4.69) is 41.6 Å². The molecule has 6 nitrogen and oxygen atoms in total. The molecule has 3 aromatic rings. The molecular formula is C21H21Cl2N3O3. The number of hydrogen-bond acceptors (Lipinski definition) is 5. The average molecular weight is 434 g/mol. The molecule has 8 heteroatoms. The first kappa shape index (κ1) is 21.1. The summed E-state index contributed by atoms with van der Waals surface area (Å²) in [6.45, 7) is 5.75. The van der Waals surface area contributed by atoms with E-state index in [1.165, 1.54) is 0 Å². The molecule has 0 aliphatic carbocycles. The molecule has 1 amide bonds. The lowest BCUT2D eigenvalue weighted by Crippen LogP contribution is -2.30. The minimum absolute atomic E-state index is 0.246. The Hall–Kier alpha value is -2.57. The Kier molecular flexibility index (Phi) is 6.77. The van der Waals surface area contributed by atoms with Crippen LogP contribution in [0.2, 0.25) is 10.0 Å². The van der Waals surface area contributed by atoms with Crippen molar-refractivity contribution < 1.29 is 14.2 Å². The van der Waals surface area contributed by atoms with Crippen LogP contribution in [0.15, 0.2) is 41.0 Å². The standard InChI is InChI=1S/C21H21Cl2N3O3/c1-4-13-6-7-14(5-2)16(10-13)19-20(26-29-25-19)24-21(27)12(3)28-18-9-8-15(22)11-17(18)23/h6-12H,4-5H2,1-3H3,(H,24,26,27). The number of benzene rings is 2. The van der Waals surface area contributed by atoms with Crippen LogP contribution in [-0.2, 0) is 17.6 Å². The number of ether oxygens (including phenoxy) is 1. The van der Waals surface area contributed by atoms with E-state index in [1.54, 1.807) is 25.1 Å². The molecule has 0 aliphatic heterocycles. The van der Waals surface area contributed by atoms with E-state index < -0.39 is 12.0 Å². The smallest absolute Gasteiger partial charge is 0.266 e. The van der Waals surface area contributed by atoms with Gasteiger partial charge in [0.2, 0.25) is 5.82 Å². The fraction of sp³-hybridized carbons (Fsp3) is 0.286. The van der Waals surface area contributed by atoms with Crippen LogP contribution < -0.4 is 10.1 Å². The van der Waals surface area contributed by atoms with Crippen LogP contribution in [-0.4, -0.2) is 22.3 Å². The number of aryl methyl sites for hydroxylation is 2. The second-order valence-corrected chi connectivity index (χ2v) is 7.33. The summed E-state index contributed by atoms with van der Waals surface area (Å²) >= 11 is 12.0. The Morgan fingerprint density at radius 1 is 1.14 bits per heavy atom. The van der Waals surface area contributed by atoms with Gasteiger partial charge in [0.05, 0.1) is 5.02 Å². The predicted octanol–water partition coefficient (Wildman–Crippen LogP) is 5.57. The monoisotopic (exact) mass is 433 g/mol. The third kappa shape index (κ3) is 4.89. The molecule has 0 bridgehead atoms. The molecule has 1 N–H and O–H groups in total. The first-order chi connectivity index (χ1) is 13.9. The summed E-state index contributed by atoms with van der Waals surface area (Å²) in [4.78, 5) is 12.6. The summed E-state index contributed by atoms with van der Waals surface area (Å²) in [6.07, 6.45) is 0.871. The molecule has 0 radical (unpaired) electrons. The lowest BCUT2D eigenvalue weighted by molar-refractivity contribution is -0.122. The van der Waals surface area contributed by atoms with Crippen molar-refractivity contribution >= 4 is 34.9 Å². The molecular weight excluding hydrogens is 413 g/mol. The molecule has 0 spiro atoms. The van der Waals surface area contributed by atoms with Gasteiger partial charge in [0, 0.05) is 10.6 Å². The zero-order valence-corrected chi connectivity index (χ0v) is 17.8. The summed E-state index contributed by atoms with van der Waals surface area (Å²) in [6, 6.07) is 11.0. The Bertz CT molecular complexity index is 1020. The van der Waals surface area contributed by atoms with Gasteiger partial charge in [-0.2, -0.15) is 0 Å². The van der Waals surface area contributed by atoms with E-state index >= 15 is 0 Å². The largest absolute Gasteiger partial charge is 0.479 e. The zero-order valence-electron chi connectivity index (χ0n) is 16.3. The Morgan fingerprint density at radius 2 is 1.93 bits per heavy atom. The van der Waals surface area contributed by atoms with Crippen molar-refractivity contribution in [1.29, 1.82) is 0 Å². The van der Waals surface area contributed by atoms with Crippen LogP contribution in [0, 0.1) is 0 Å². The molecule has 2 aromatic carbocycles. The van der Waals surface area contributed by atoms with Gasteiger partial charge in [0.1, 0.15) is 5.75 Å². The van der Waals surface area contributed by atoms with Crippen molar-refractivity contribution in [2.24, 2.45) is 0 Å². The van der Waals surface area contributed by atoms with Gasteiger partial charge in [0.25, 0.3) is 5.91 Å². The van der Waals surface area contributed by atoms with Gasteiger partial charge in [-0.15, -0.1) is 0 Å². The van der Waals surface area contributed by atoms with Crippen LogP contribution in [0.25, 0.3) is 11.3 Å². The molecule has 29 heavy (non-hydrogen) atoms. The lowest BCUT2D eigenvalue weighted by atomic mass is 9.98. The van der Waals surface area contributed by atoms with Crippen LogP contribution in [0.4, 0.5) is 5.82 Å². The lowest BCUT2D eigenvalue weighted by Gasteiger charge is -2.15. The summed E-state index contributed by atoms with van der Waals surface area (Å²) in [5, 5.41) is 11.4. The van der Waals surface area contributed by atoms with Gasteiger partial charge in [-0.25, -0.2) is 4.63 Å². The molecule has 0 saturated heterocycles. The molecule has 1 aromatic heterocycles. The molecule has 0 aliphatic rings. The normalized spacial score (nSPS) is 11.9. The maximum Gasteiger partial charge on any atom is 0.266 e. The highest BCUT2D eigenvalue weighted by molar-refractivity contribution is 6.35. The SMILES string of the molecule is CCc1ccc(CC)c(-c2nonc2NC(=O)C(C)Oc2ccc(Cl)cc2Cl)c1. The minimum atomic E-state index is -0.828. The first-order valence-electron chi connectivity index (χ1n) is 9.30. The molecule has 1 unspecified atom stereocenters. The van der Waals surface area contributed by atoms with E-state index in [9.17, 15) is 4.79 Å². The summed E-state index contributed by atoms with van der Waals surface area (Å²) in [5.41, 5.74) is 3.62. The fourth-order valence-corrected chi connectivity index (χ4v) is 3.31. The van der Waals surface area contributed by atoms with Crippen molar-refractivity contribution in [2.45, 2.75) is 39.7 Å². The Balaban J connectivity index is 1.80. The number of rotatable bonds is 7. The van der Waals surface area contributed by atoms with Crippen molar-refractivity contribution in [3.63, 3.8) is 0 Å². The summed E-state index contributed by atoms with van der Waals surface area (Å²) < 4.78 is 10.6. The van der Waals surface area contributed by atoms with Gasteiger partial charge in [0.15, 0.2) is 11.8 Å². The van der Waals surface area contributed by atoms with Gasteiger partial charge < -0.3 is 10.1 Å². The Labute approximate surface area is 179 Å². The maximum absolute atomic E-state index is 12.6. The third-order valence-electron chi connectivity index (χ3n) is 4.52. The number of carbonyl (C=O) groups is 1. The number of hydrogen-bond donors (Lipinski definition) is 1. The zero-order chi connectivity index (χ0) is 21.0. The van der Waals surface area contributed by atoms with Gasteiger partial charge in [-0.1, -0.05) is 49.2 Å². The predicted molar refractivity (Wildman–Crippen MR) is 114 cm³/mol. The summed E-state index contributed by atoms with van der Waals surface area (Å²) in [7, 11) is 0. The summed E-state index contributed by atoms with van der Waals surface area (Å²) in [5.74, 6) is 0.203. The van der Waals surface area contributed by atoms with Crippen molar-refractivity contribution in [2.75, 3.05) is 5.32 Å². The number of nitrogens with zero attached hydrogens (tertiary/aromatic N) is 2. The van der Waals surface area contributed by atoms with Crippen LogP contribution >= 0.6 is 23.2 Å². The van der Waals surface area contributed by atoms with E-state index in [4.69, 9.17) is 32.6 Å². The number of amides is 1. The van der Waals surface area contributed by atoms with Crippen LogP contribution in [0.5, 0.6) is 5.75 Å². The molecule has 152 valence electrons. The second-order valence-electron chi connectivity index (χ2n) is 6.48. The molecule has 0 saturated carbocycles.